The molecule has 1 aromatic rings. The van der Waals surface area contributed by atoms with E-state index in [0.717, 1.165) is 10.9 Å². The number of thioether (sulfide) groups is 1. The molecule has 0 atom stereocenters. The lowest BCUT2D eigenvalue weighted by Crippen LogP contribution is -2.42. The van der Waals surface area contributed by atoms with E-state index in [1.807, 2.05) is 30.0 Å². The predicted molar refractivity (Wildman–Crippen MR) is 63.2 cm³/mol. The average molecular weight is 228 g/mol. The van der Waals surface area contributed by atoms with Gasteiger partial charge < -0.3 is 5.32 Å². The molecule has 0 spiro atoms. The van der Waals surface area contributed by atoms with Gasteiger partial charge in [-0.15, -0.1) is 11.8 Å². The van der Waals surface area contributed by atoms with Gasteiger partial charge in [-0.2, -0.15) is 0 Å². The van der Waals surface area contributed by atoms with Crippen LogP contribution in [0, 0.1) is 5.92 Å². The highest BCUT2D eigenvalue weighted by Gasteiger charge is 2.15. The Kier molecular flexibility index (Phi) is 3.74. The lowest BCUT2D eigenvalue weighted by molar-refractivity contribution is 0.341. The number of hydrogen-bond donors (Lipinski definition) is 1. The largest absolute Gasteiger partial charge is 0.316 e. The summed E-state index contributed by atoms with van der Waals surface area (Å²) in [5, 5.41) is 4.12. The van der Waals surface area contributed by atoms with E-state index in [1.165, 1.54) is 30.2 Å². The molecule has 0 saturated carbocycles. The zero-order chi connectivity index (χ0) is 9.80. The highest BCUT2D eigenvalue weighted by Crippen LogP contribution is 2.23. The maximum Gasteiger partial charge on any atom is 0.0417 e. The van der Waals surface area contributed by atoms with Crippen LogP contribution in [0.15, 0.2) is 29.2 Å². The summed E-state index contributed by atoms with van der Waals surface area (Å²) in [6.07, 6.45) is 1.31. The zero-order valence-corrected chi connectivity index (χ0v) is 9.57. The van der Waals surface area contributed by atoms with Crippen LogP contribution >= 0.6 is 23.4 Å². The molecule has 1 saturated heterocycles. The van der Waals surface area contributed by atoms with Crippen LogP contribution in [0.1, 0.15) is 6.42 Å². The Labute approximate surface area is 94.2 Å². The summed E-state index contributed by atoms with van der Waals surface area (Å²) in [4.78, 5) is 1.28. The predicted octanol–water partition coefficient (Wildman–Crippen LogP) is 3.04. The summed E-state index contributed by atoms with van der Waals surface area (Å²) < 4.78 is 0. The normalized spacial score (nSPS) is 16.6. The van der Waals surface area contributed by atoms with Gasteiger partial charge >= 0.3 is 0 Å². The van der Waals surface area contributed by atoms with Crippen molar-refractivity contribution in [2.75, 3.05) is 18.8 Å². The van der Waals surface area contributed by atoms with Gasteiger partial charge in [0, 0.05) is 9.92 Å². The van der Waals surface area contributed by atoms with Crippen molar-refractivity contribution in [1.29, 1.82) is 0 Å². The molecule has 0 aliphatic carbocycles. The molecule has 1 aromatic carbocycles. The van der Waals surface area contributed by atoms with Crippen LogP contribution in [-0.2, 0) is 0 Å². The fourth-order valence-corrected chi connectivity index (χ4v) is 2.78. The molecule has 1 N–H and O–H groups in total. The number of rotatable bonds is 4. The summed E-state index contributed by atoms with van der Waals surface area (Å²) in [7, 11) is 0. The van der Waals surface area contributed by atoms with Crippen LogP contribution < -0.4 is 5.32 Å². The van der Waals surface area contributed by atoms with Gasteiger partial charge in [-0.1, -0.05) is 17.7 Å². The SMILES string of the molecule is Clc1cccc(SCCC2CNC2)c1. The van der Waals surface area contributed by atoms with Crippen molar-refractivity contribution in [3.8, 4) is 0 Å². The van der Waals surface area contributed by atoms with Crippen molar-refractivity contribution >= 4 is 23.4 Å². The lowest BCUT2D eigenvalue weighted by Gasteiger charge is -2.26. The molecule has 0 amide bonds. The molecule has 0 unspecified atom stereocenters. The number of halogens is 1. The minimum Gasteiger partial charge on any atom is -0.316 e. The van der Waals surface area contributed by atoms with E-state index in [0.29, 0.717) is 0 Å². The van der Waals surface area contributed by atoms with Gasteiger partial charge in [-0.3, -0.25) is 0 Å². The van der Waals surface area contributed by atoms with Gasteiger partial charge in [-0.05, 0) is 49.4 Å². The molecule has 0 aromatic heterocycles. The van der Waals surface area contributed by atoms with Gasteiger partial charge in [0.2, 0.25) is 0 Å². The lowest BCUT2D eigenvalue weighted by atomic mass is 10.0. The fourth-order valence-electron chi connectivity index (χ4n) is 1.45. The molecule has 1 heterocycles. The Hall–Kier alpha value is -0.180. The van der Waals surface area contributed by atoms with Gasteiger partial charge in [0.05, 0.1) is 0 Å². The van der Waals surface area contributed by atoms with E-state index >= 15 is 0 Å². The second-order valence-corrected chi connectivity index (χ2v) is 5.22. The Morgan fingerprint density at radius 3 is 2.93 bits per heavy atom. The van der Waals surface area contributed by atoms with Crippen molar-refractivity contribution in [3.63, 3.8) is 0 Å². The second kappa shape index (κ2) is 5.06. The van der Waals surface area contributed by atoms with E-state index < -0.39 is 0 Å². The molecule has 1 aliphatic rings. The average Bonchev–Trinajstić information content (AvgIpc) is 2.09. The maximum absolute atomic E-state index is 5.90. The topological polar surface area (TPSA) is 12.0 Å². The highest BCUT2D eigenvalue weighted by molar-refractivity contribution is 7.99. The second-order valence-electron chi connectivity index (χ2n) is 3.62. The van der Waals surface area contributed by atoms with Crippen LogP contribution in [0.5, 0.6) is 0 Å². The molecule has 1 nitrogen and oxygen atoms in total. The summed E-state index contributed by atoms with van der Waals surface area (Å²) in [5.74, 6) is 2.11. The molecule has 3 heteroatoms. The van der Waals surface area contributed by atoms with Gasteiger partial charge in [0.1, 0.15) is 0 Å². The first-order chi connectivity index (χ1) is 6.84. The summed E-state index contributed by atoms with van der Waals surface area (Å²) >= 11 is 7.80. The Morgan fingerprint density at radius 1 is 1.43 bits per heavy atom. The summed E-state index contributed by atoms with van der Waals surface area (Å²) in [6, 6.07) is 8.08. The Balaban J connectivity index is 1.74. The minimum absolute atomic E-state index is 0.834. The maximum atomic E-state index is 5.90. The van der Waals surface area contributed by atoms with Crippen molar-refractivity contribution in [2.45, 2.75) is 11.3 Å². The van der Waals surface area contributed by atoms with Crippen molar-refractivity contribution in [2.24, 2.45) is 5.92 Å². The number of nitrogens with one attached hydrogen (secondary N) is 1. The third-order valence-electron chi connectivity index (χ3n) is 2.46. The monoisotopic (exact) mass is 227 g/mol. The molecular formula is C11H14ClNS. The third-order valence-corrected chi connectivity index (χ3v) is 3.72. The van der Waals surface area contributed by atoms with E-state index in [2.05, 4.69) is 11.4 Å². The van der Waals surface area contributed by atoms with E-state index in [9.17, 15) is 0 Å². The van der Waals surface area contributed by atoms with Crippen LogP contribution in [0.2, 0.25) is 5.02 Å². The van der Waals surface area contributed by atoms with Crippen LogP contribution in [0.4, 0.5) is 0 Å². The standard InChI is InChI=1S/C11H14ClNS/c12-10-2-1-3-11(6-10)14-5-4-9-7-13-8-9/h1-3,6,9,13H,4-5,7-8H2. The smallest absolute Gasteiger partial charge is 0.0417 e. The van der Waals surface area contributed by atoms with Gasteiger partial charge in [0.25, 0.3) is 0 Å². The molecule has 1 aliphatic heterocycles. The molecule has 2 rings (SSSR count). The molecule has 76 valence electrons. The fraction of sp³-hybridized carbons (Fsp3) is 0.455. The Bertz CT molecular complexity index is 299. The number of hydrogen-bond acceptors (Lipinski definition) is 2. The van der Waals surface area contributed by atoms with Crippen LogP contribution in [0.25, 0.3) is 0 Å². The quantitative estimate of drug-likeness (QED) is 0.794. The van der Waals surface area contributed by atoms with Crippen LogP contribution in [0.3, 0.4) is 0 Å². The third kappa shape index (κ3) is 2.91. The summed E-state index contributed by atoms with van der Waals surface area (Å²) in [6.45, 7) is 2.41. The minimum atomic E-state index is 0.834. The molecule has 14 heavy (non-hydrogen) atoms. The van der Waals surface area contributed by atoms with E-state index in [-0.39, 0.29) is 0 Å². The zero-order valence-electron chi connectivity index (χ0n) is 8.00. The molecule has 1 fully saturated rings. The van der Waals surface area contributed by atoms with Gasteiger partial charge in [-0.25, -0.2) is 0 Å². The van der Waals surface area contributed by atoms with Crippen molar-refractivity contribution in [1.82, 2.24) is 5.32 Å². The first kappa shape index (κ1) is 10.3. The first-order valence-corrected chi connectivity index (χ1v) is 6.30. The number of benzene rings is 1. The molecular weight excluding hydrogens is 214 g/mol. The molecule has 0 bridgehead atoms. The first-order valence-electron chi connectivity index (χ1n) is 4.94. The van der Waals surface area contributed by atoms with Gasteiger partial charge in [0.15, 0.2) is 0 Å². The van der Waals surface area contributed by atoms with E-state index in [1.54, 1.807) is 0 Å². The van der Waals surface area contributed by atoms with E-state index in [4.69, 9.17) is 11.6 Å². The highest BCUT2D eigenvalue weighted by atomic mass is 35.5. The van der Waals surface area contributed by atoms with Crippen molar-refractivity contribution in [3.05, 3.63) is 29.3 Å². The van der Waals surface area contributed by atoms with Crippen LogP contribution in [-0.4, -0.2) is 18.8 Å². The molecule has 0 radical (unpaired) electrons. The summed E-state index contributed by atoms with van der Waals surface area (Å²) in [5.41, 5.74) is 0. The Morgan fingerprint density at radius 2 is 2.29 bits per heavy atom. The van der Waals surface area contributed by atoms with Crippen molar-refractivity contribution < 1.29 is 0 Å².